The van der Waals surface area contributed by atoms with E-state index in [1.807, 2.05) is 72.8 Å². The van der Waals surface area contributed by atoms with Crippen molar-refractivity contribution in [3.05, 3.63) is 132 Å². The van der Waals surface area contributed by atoms with Gasteiger partial charge in [0.25, 0.3) is 8.32 Å². The van der Waals surface area contributed by atoms with Gasteiger partial charge in [-0.25, -0.2) is 0 Å². The van der Waals surface area contributed by atoms with E-state index in [2.05, 4.69) is 75.2 Å². The molecule has 0 fully saturated rings. The highest BCUT2D eigenvalue weighted by atomic mass is 28.4. The summed E-state index contributed by atoms with van der Waals surface area (Å²) in [6, 6.07) is 41.0. The molecule has 0 unspecified atom stereocenters. The lowest BCUT2D eigenvalue weighted by molar-refractivity contribution is -0.187. The van der Waals surface area contributed by atoms with Crippen molar-refractivity contribution < 1.29 is 28.1 Å². The van der Waals surface area contributed by atoms with Crippen LogP contribution in [0.15, 0.2) is 121 Å². The first-order chi connectivity index (χ1) is 23.3. The Morgan fingerprint density at radius 3 is 1.42 bits per heavy atom. The summed E-state index contributed by atoms with van der Waals surface area (Å²) >= 11 is 0. The fraction of sp³-hybridized carbons (Fsp3) is 0.366. The van der Waals surface area contributed by atoms with Crippen molar-refractivity contribution in [2.24, 2.45) is 0 Å². The molecule has 0 saturated carbocycles. The zero-order valence-corrected chi connectivity index (χ0v) is 30.1. The van der Waals surface area contributed by atoms with E-state index in [4.69, 9.17) is 34.5 Å². The molecule has 0 bridgehead atoms. The third kappa shape index (κ3) is 9.10. The van der Waals surface area contributed by atoms with Crippen LogP contribution in [0.4, 0.5) is 0 Å². The molecule has 0 radical (unpaired) electrons. The highest BCUT2D eigenvalue weighted by Gasteiger charge is 2.51. The van der Waals surface area contributed by atoms with Gasteiger partial charge in [0, 0.05) is 21.3 Å². The molecule has 0 amide bonds. The Kier molecular flexibility index (Phi) is 14.2. The normalized spacial score (nSPS) is 15.2. The van der Waals surface area contributed by atoms with Crippen molar-refractivity contribution in [2.75, 3.05) is 27.9 Å². The molecule has 0 N–H and O–H groups in total. The largest absolute Gasteiger partial charge is 0.405 e. The highest BCUT2D eigenvalue weighted by Crippen LogP contribution is 2.37. The van der Waals surface area contributed by atoms with Gasteiger partial charge in [-0.3, -0.25) is 0 Å². The molecule has 0 saturated heterocycles. The van der Waals surface area contributed by atoms with Gasteiger partial charge in [-0.15, -0.1) is 6.42 Å². The zero-order chi connectivity index (χ0) is 34.4. The van der Waals surface area contributed by atoms with Crippen molar-refractivity contribution in [1.82, 2.24) is 0 Å². The number of benzene rings is 4. The van der Waals surface area contributed by atoms with E-state index in [1.54, 1.807) is 21.3 Å². The molecule has 0 aliphatic carbocycles. The molecular formula is C41H50O6Si. The minimum absolute atomic E-state index is 0.218. The molecule has 0 aliphatic rings. The number of hydrogen-bond acceptors (Lipinski definition) is 6. The summed E-state index contributed by atoms with van der Waals surface area (Å²) in [7, 11) is 2.04. The Morgan fingerprint density at radius 2 is 1.02 bits per heavy atom. The second kappa shape index (κ2) is 18.3. The number of methoxy groups -OCH3 is 3. The quantitative estimate of drug-likeness (QED) is 0.0904. The van der Waals surface area contributed by atoms with Gasteiger partial charge in [-0.2, -0.15) is 0 Å². The van der Waals surface area contributed by atoms with Crippen LogP contribution in [0.5, 0.6) is 0 Å². The molecule has 0 heterocycles. The summed E-state index contributed by atoms with van der Waals surface area (Å²) in [6.45, 7) is 7.66. The van der Waals surface area contributed by atoms with Gasteiger partial charge in [0.1, 0.15) is 30.5 Å². The van der Waals surface area contributed by atoms with E-state index in [9.17, 15) is 0 Å². The number of ether oxygens (including phenoxy) is 5. The monoisotopic (exact) mass is 666 g/mol. The summed E-state index contributed by atoms with van der Waals surface area (Å²) in [4.78, 5) is 0. The Balaban J connectivity index is 1.71. The first kappa shape index (κ1) is 37.2. The van der Waals surface area contributed by atoms with Gasteiger partial charge in [0.15, 0.2) is 0 Å². The molecule has 48 heavy (non-hydrogen) atoms. The highest BCUT2D eigenvalue weighted by molar-refractivity contribution is 6.99. The van der Waals surface area contributed by atoms with Gasteiger partial charge >= 0.3 is 0 Å². The third-order valence-corrected chi connectivity index (χ3v) is 13.8. The first-order valence-electron chi connectivity index (χ1n) is 16.4. The molecule has 0 aliphatic heterocycles. The lowest BCUT2D eigenvalue weighted by Crippen LogP contribution is -2.67. The maximum Gasteiger partial charge on any atom is 0.261 e. The van der Waals surface area contributed by atoms with E-state index < -0.39 is 38.8 Å². The Labute approximate surface area is 288 Å². The first-order valence-corrected chi connectivity index (χ1v) is 18.3. The smallest absolute Gasteiger partial charge is 0.261 e. The average molecular weight is 667 g/mol. The number of rotatable bonds is 18. The molecule has 4 aromatic rings. The Hall–Kier alpha value is -3.58. The van der Waals surface area contributed by atoms with Gasteiger partial charge in [0.2, 0.25) is 0 Å². The third-order valence-electron chi connectivity index (χ3n) is 8.76. The van der Waals surface area contributed by atoms with Crippen molar-refractivity contribution in [3.63, 3.8) is 0 Å². The van der Waals surface area contributed by atoms with Crippen molar-refractivity contribution >= 4 is 18.7 Å². The zero-order valence-electron chi connectivity index (χ0n) is 29.1. The number of terminal acetylenes is 1. The van der Waals surface area contributed by atoms with E-state index in [0.29, 0.717) is 13.2 Å². The van der Waals surface area contributed by atoms with E-state index in [0.717, 1.165) is 11.1 Å². The van der Waals surface area contributed by atoms with E-state index >= 15 is 0 Å². The summed E-state index contributed by atoms with van der Waals surface area (Å²) in [5.74, 6) is 2.79. The Bertz CT molecular complexity index is 1470. The molecule has 7 heteroatoms. The Morgan fingerprint density at radius 1 is 0.583 bits per heavy atom. The van der Waals surface area contributed by atoms with Gasteiger partial charge < -0.3 is 28.1 Å². The van der Waals surface area contributed by atoms with Crippen LogP contribution in [0.2, 0.25) is 5.04 Å². The fourth-order valence-corrected chi connectivity index (χ4v) is 10.9. The molecule has 4 rings (SSSR count). The summed E-state index contributed by atoms with van der Waals surface area (Å²) < 4.78 is 38.8. The lowest BCUT2D eigenvalue weighted by Gasteiger charge is -2.44. The van der Waals surface area contributed by atoms with Crippen LogP contribution in [0.1, 0.15) is 31.9 Å². The molecule has 0 aromatic heterocycles. The molecule has 5 atom stereocenters. The molecule has 0 spiro atoms. The summed E-state index contributed by atoms with van der Waals surface area (Å²) in [6.07, 6.45) is 2.82. The SMILES string of the molecule is C#C[C@@H](OCc1ccccc1)[C@@H](OC)[C@@H](OC)[C@H](OCc1ccccc1)[C@@H](CO[Si](c1ccccc1)(c1ccccc1)C(C)(C)C)OC. The fourth-order valence-electron chi connectivity index (χ4n) is 6.33. The van der Waals surface area contributed by atoms with Gasteiger partial charge in [-0.1, -0.05) is 148 Å². The number of hydrogen-bond donors (Lipinski definition) is 0. The molecule has 4 aromatic carbocycles. The predicted molar refractivity (Wildman–Crippen MR) is 195 cm³/mol. The van der Waals surface area contributed by atoms with E-state index in [1.165, 1.54) is 10.4 Å². The van der Waals surface area contributed by atoms with Crippen LogP contribution < -0.4 is 10.4 Å². The minimum atomic E-state index is -2.89. The second-order valence-corrected chi connectivity index (χ2v) is 17.1. The van der Waals surface area contributed by atoms with Gasteiger partial charge in [-0.05, 0) is 26.5 Å². The van der Waals surface area contributed by atoms with Crippen molar-refractivity contribution in [3.8, 4) is 12.3 Å². The summed E-state index contributed by atoms with van der Waals surface area (Å²) in [5, 5.41) is 2.14. The van der Waals surface area contributed by atoms with Crippen LogP contribution in [0.3, 0.4) is 0 Å². The van der Waals surface area contributed by atoms with Crippen molar-refractivity contribution in [2.45, 2.75) is 69.5 Å². The molecule has 6 nitrogen and oxygen atoms in total. The van der Waals surface area contributed by atoms with Crippen LogP contribution in [-0.2, 0) is 41.3 Å². The molecular weight excluding hydrogens is 617 g/mol. The predicted octanol–water partition coefficient (Wildman–Crippen LogP) is 6.41. The minimum Gasteiger partial charge on any atom is -0.405 e. The van der Waals surface area contributed by atoms with Gasteiger partial charge in [0.05, 0.1) is 19.8 Å². The lowest BCUT2D eigenvalue weighted by atomic mass is 9.98. The standard InChI is InChI=1S/C41H50O6Si/c1-8-36(45-29-32-21-13-9-14-22-32)38(43-6)40(44-7)39(46-30-33-23-15-10-16-24-33)37(42-5)31-47-48(41(2,3)4,34-25-17-11-18-26-34)35-27-19-12-20-28-35/h1,9-28,36-40H,29-31H2,2-7H3/t36-,37-,38-,39-,40-/m1/s1. The van der Waals surface area contributed by atoms with Crippen molar-refractivity contribution in [1.29, 1.82) is 0 Å². The summed E-state index contributed by atoms with van der Waals surface area (Å²) in [5.41, 5.74) is 2.02. The average Bonchev–Trinajstić information content (AvgIpc) is 3.12. The second-order valence-electron chi connectivity index (χ2n) is 12.8. The van der Waals surface area contributed by atoms with Crippen LogP contribution in [0.25, 0.3) is 0 Å². The molecule has 254 valence electrons. The van der Waals surface area contributed by atoms with Crippen LogP contribution >= 0.6 is 0 Å². The van der Waals surface area contributed by atoms with Crippen LogP contribution in [-0.4, -0.2) is 66.8 Å². The maximum absolute atomic E-state index is 7.32. The topological polar surface area (TPSA) is 55.4 Å². The maximum atomic E-state index is 7.32. The van der Waals surface area contributed by atoms with Crippen LogP contribution in [0, 0.1) is 12.3 Å². The van der Waals surface area contributed by atoms with E-state index in [-0.39, 0.29) is 11.6 Å².